The number of unbranched alkanes of at least 4 members (excludes halogenated alkanes) is 24. The lowest BCUT2D eigenvalue weighted by molar-refractivity contribution is -0.301. The van der Waals surface area contributed by atoms with E-state index < -0.39 is 67.3 Å². The fourth-order valence-electron chi connectivity index (χ4n) is 8.69. The number of carboxylic acids is 1. The van der Waals surface area contributed by atoms with Crippen LogP contribution in [0.25, 0.3) is 0 Å². The summed E-state index contributed by atoms with van der Waals surface area (Å²) in [5, 5.41) is 31.5. The van der Waals surface area contributed by atoms with Crippen molar-refractivity contribution in [1.29, 1.82) is 0 Å². The van der Waals surface area contributed by atoms with Gasteiger partial charge in [0.15, 0.2) is 24.6 Å². The van der Waals surface area contributed by atoms with Crippen molar-refractivity contribution in [3.05, 3.63) is 72.9 Å². The maximum absolute atomic E-state index is 13.1. The molecular formula is C63H106O12. The Kier molecular flexibility index (Phi) is 47.0. The lowest BCUT2D eigenvalue weighted by atomic mass is 9.98. The van der Waals surface area contributed by atoms with Gasteiger partial charge in [0.1, 0.15) is 18.8 Å². The van der Waals surface area contributed by atoms with Crippen LogP contribution in [0.2, 0.25) is 0 Å². The number of rotatable bonds is 50. The molecule has 6 unspecified atom stereocenters. The number of esters is 3. The summed E-state index contributed by atoms with van der Waals surface area (Å²) in [6, 6.07) is 0. The number of carbonyl (C=O) groups is 4. The maximum Gasteiger partial charge on any atom is 0.335 e. The molecule has 0 saturated carbocycles. The third-order valence-corrected chi connectivity index (χ3v) is 13.3. The van der Waals surface area contributed by atoms with E-state index in [1.165, 1.54) is 96.3 Å². The predicted molar refractivity (Wildman–Crippen MR) is 303 cm³/mol. The van der Waals surface area contributed by atoms with Gasteiger partial charge >= 0.3 is 23.9 Å². The van der Waals surface area contributed by atoms with E-state index in [0.717, 1.165) is 89.9 Å². The molecule has 0 amide bonds. The molecule has 1 heterocycles. The molecule has 0 aromatic carbocycles. The van der Waals surface area contributed by atoms with E-state index in [4.69, 9.17) is 23.7 Å². The van der Waals surface area contributed by atoms with Crippen LogP contribution < -0.4 is 0 Å². The molecule has 1 saturated heterocycles. The average Bonchev–Trinajstić information content (AvgIpc) is 3.39. The number of hydrogen-bond donors (Lipinski definition) is 3. The molecule has 0 aliphatic carbocycles. The molecule has 1 rings (SSSR count). The molecule has 3 N–H and O–H groups in total. The molecule has 12 heteroatoms. The van der Waals surface area contributed by atoms with Gasteiger partial charge in [-0.15, -0.1) is 0 Å². The third-order valence-electron chi connectivity index (χ3n) is 13.3. The minimum absolute atomic E-state index is 0.0191. The number of ether oxygens (including phenoxy) is 5. The molecule has 0 spiro atoms. The molecule has 1 fully saturated rings. The van der Waals surface area contributed by atoms with Crippen molar-refractivity contribution in [3.63, 3.8) is 0 Å². The Balaban J connectivity index is 2.72. The van der Waals surface area contributed by atoms with Crippen LogP contribution in [-0.2, 0) is 42.9 Å². The highest BCUT2D eigenvalue weighted by Crippen LogP contribution is 2.26. The van der Waals surface area contributed by atoms with Gasteiger partial charge in [-0.25, -0.2) is 4.79 Å². The van der Waals surface area contributed by atoms with Crippen LogP contribution in [-0.4, -0.2) is 89.2 Å². The van der Waals surface area contributed by atoms with Gasteiger partial charge in [-0.3, -0.25) is 14.4 Å². The zero-order valence-corrected chi connectivity index (χ0v) is 47.3. The SMILES string of the molecule is CC/C=C\C/C=C\C/C=C\C/C=C\C/C=C\CCCC(=O)OC1C(OCC(COC(=O)CCCCCCC/C=C\CCCCCCCC)OC(=O)CCCCCCCCCCCCCCC)OC(C(=O)O)C(O)C1O. The Bertz CT molecular complexity index is 1580. The number of aliphatic carboxylic acids is 1. The van der Waals surface area contributed by atoms with E-state index in [1.807, 2.05) is 12.2 Å². The second-order valence-electron chi connectivity index (χ2n) is 20.3. The van der Waals surface area contributed by atoms with Crippen LogP contribution in [0, 0.1) is 0 Å². The highest BCUT2D eigenvalue weighted by atomic mass is 16.7. The lowest BCUT2D eigenvalue weighted by Gasteiger charge is -2.40. The zero-order chi connectivity index (χ0) is 54.7. The quantitative estimate of drug-likeness (QED) is 0.0228. The topological polar surface area (TPSA) is 175 Å². The Hall–Kier alpha value is -3.84. The normalized spacial score (nSPS) is 18.7. The van der Waals surface area contributed by atoms with E-state index in [9.17, 15) is 34.5 Å². The Morgan fingerprint density at radius 2 is 0.853 bits per heavy atom. The number of carboxylic acid groups (broad SMARTS) is 1. The summed E-state index contributed by atoms with van der Waals surface area (Å²) in [4.78, 5) is 51.1. The van der Waals surface area contributed by atoms with Crippen LogP contribution >= 0.6 is 0 Å². The van der Waals surface area contributed by atoms with E-state index in [1.54, 1.807) is 0 Å². The van der Waals surface area contributed by atoms with E-state index in [-0.39, 0.29) is 25.9 Å². The number of allylic oxidation sites excluding steroid dienone is 12. The second-order valence-corrected chi connectivity index (χ2v) is 20.3. The van der Waals surface area contributed by atoms with Gasteiger partial charge in [-0.2, -0.15) is 0 Å². The van der Waals surface area contributed by atoms with Gasteiger partial charge in [0.2, 0.25) is 0 Å². The van der Waals surface area contributed by atoms with Gasteiger partial charge in [0.05, 0.1) is 6.61 Å². The van der Waals surface area contributed by atoms with Crippen molar-refractivity contribution < 1.29 is 58.2 Å². The number of aliphatic hydroxyl groups excluding tert-OH is 2. The Morgan fingerprint density at radius 1 is 0.453 bits per heavy atom. The third kappa shape index (κ3) is 41.0. The van der Waals surface area contributed by atoms with Gasteiger partial charge in [0.25, 0.3) is 0 Å². The molecule has 0 aromatic heterocycles. The molecule has 430 valence electrons. The molecule has 12 nitrogen and oxygen atoms in total. The van der Waals surface area contributed by atoms with E-state index in [2.05, 4.69) is 81.5 Å². The monoisotopic (exact) mass is 1050 g/mol. The minimum atomic E-state index is -1.92. The molecule has 75 heavy (non-hydrogen) atoms. The number of carbonyl (C=O) groups excluding carboxylic acids is 3. The van der Waals surface area contributed by atoms with Gasteiger partial charge in [-0.1, -0.05) is 222 Å². The lowest BCUT2D eigenvalue weighted by Crippen LogP contribution is -2.61. The first-order valence-electron chi connectivity index (χ1n) is 29.9. The van der Waals surface area contributed by atoms with E-state index in [0.29, 0.717) is 25.7 Å². The van der Waals surface area contributed by atoms with Crippen molar-refractivity contribution in [2.45, 2.75) is 289 Å². The number of hydrogen-bond acceptors (Lipinski definition) is 11. The number of aliphatic hydroxyl groups is 2. The van der Waals surface area contributed by atoms with Crippen molar-refractivity contribution in [2.75, 3.05) is 13.2 Å². The molecule has 1 aliphatic heterocycles. The highest BCUT2D eigenvalue weighted by Gasteiger charge is 2.50. The van der Waals surface area contributed by atoms with Crippen LogP contribution in [0.5, 0.6) is 0 Å². The highest BCUT2D eigenvalue weighted by molar-refractivity contribution is 5.74. The Morgan fingerprint density at radius 3 is 1.33 bits per heavy atom. The fourth-order valence-corrected chi connectivity index (χ4v) is 8.69. The molecule has 1 aliphatic rings. The van der Waals surface area contributed by atoms with Crippen molar-refractivity contribution in [2.24, 2.45) is 0 Å². The first-order valence-corrected chi connectivity index (χ1v) is 29.9. The van der Waals surface area contributed by atoms with Crippen molar-refractivity contribution in [1.82, 2.24) is 0 Å². The summed E-state index contributed by atoms with van der Waals surface area (Å²) in [6.45, 7) is 5.85. The van der Waals surface area contributed by atoms with Crippen LogP contribution in [0.3, 0.4) is 0 Å². The van der Waals surface area contributed by atoms with Crippen LogP contribution in [0.15, 0.2) is 72.9 Å². The molecule has 0 bridgehead atoms. The van der Waals surface area contributed by atoms with E-state index >= 15 is 0 Å². The van der Waals surface area contributed by atoms with Gasteiger partial charge in [-0.05, 0) is 83.5 Å². The standard InChI is InChI=1S/C63H106O12/c1-4-7-10-13-16-19-22-25-27-28-30-33-36-39-42-45-48-51-57(66)74-61-59(68)58(67)60(62(69)70)75-63(61)72-53-54(73-56(65)50-47-44-41-38-35-31-24-21-18-15-12-9-6-3)52-71-55(64)49-46-43-40-37-34-32-29-26-23-20-17-14-11-8-5-2/h7,10,16,19,25-27,29-30,33,39,42,54,58-61,63,67-68H,4-6,8-9,11-15,17-18,20-24,28,31-32,34-38,40-41,43-53H2,1-3H3,(H,69,70)/b10-7-,19-16-,27-25-,29-26-,33-30-,42-39-. The predicted octanol–water partition coefficient (Wildman–Crippen LogP) is 15.3. The first-order chi connectivity index (χ1) is 36.6. The summed E-state index contributed by atoms with van der Waals surface area (Å²) < 4.78 is 28.4. The minimum Gasteiger partial charge on any atom is -0.479 e. The largest absolute Gasteiger partial charge is 0.479 e. The second kappa shape index (κ2) is 50.9. The summed E-state index contributed by atoms with van der Waals surface area (Å²) in [7, 11) is 0. The summed E-state index contributed by atoms with van der Waals surface area (Å²) >= 11 is 0. The molecule has 0 aromatic rings. The fraction of sp³-hybridized carbons (Fsp3) is 0.746. The van der Waals surface area contributed by atoms with Gasteiger partial charge in [0, 0.05) is 19.3 Å². The van der Waals surface area contributed by atoms with Gasteiger partial charge < -0.3 is 39.0 Å². The van der Waals surface area contributed by atoms with Crippen molar-refractivity contribution in [3.8, 4) is 0 Å². The van der Waals surface area contributed by atoms with Crippen molar-refractivity contribution >= 4 is 23.9 Å². The molecule has 6 atom stereocenters. The Labute approximate surface area is 455 Å². The first kappa shape index (κ1) is 69.2. The summed E-state index contributed by atoms with van der Waals surface area (Å²) in [6.07, 6.45) is 51.6. The zero-order valence-electron chi connectivity index (χ0n) is 47.3. The summed E-state index contributed by atoms with van der Waals surface area (Å²) in [5.41, 5.74) is 0. The molecule has 0 radical (unpaired) electrons. The average molecular weight is 1060 g/mol. The maximum atomic E-state index is 13.1. The summed E-state index contributed by atoms with van der Waals surface area (Å²) in [5.74, 6) is -3.20. The van der Waals surface area contributed by atoms with Crippen LogP contribution in [0.4, 0.5) is 0 Å². The smallest absolute Gasteiger partial charge is 0.335 e. The molecular weight excluding hydrogens is 949 g/mol. The van der Waals surface area contributed by atoms with Crippen LogP contribution in [0.1, 0.15) is 252 Å².